The van der Waals surface area contributed by atoms with Crippen molar-refractivity contribution in [2.75, 3.05) is 73.9 Å². The maximum Gasteiger partial charge on any atom is 0.472 e. The average Bonchev–Trinajstić information content (AvgIpc) is 1.62. The Morgan fingerprint density at radius 1 is 0.477 bits per heavy atom. The number of hydrogen-bond acceptors (Lipinski definition) is 47. The minimum atomic E-state index is -5.05. The first-order valence-corrected chi connectivity index (χ1v) is 49.3. The molecule has 21 rings (SSSR count). The fraction of sp³-hybridized carbons (Fsp3) is 0.508. The molecule has 26 unspecified atom stereocenters. The van der Waals surface area contributed by atoms with Crippen molar-refractivity contribution < 1.29 is 145 Å². The number of ketones is 1. The molecule has 0 aliphatic carbocycles. The van der Waals surface area contributed by atoms with Crippen LogP contribution < -0.4 is 38.1 Å². The van der Waals surface area contributed by atoms with Gasteiger partial charge in [-0.3, -0.25) is 59.0 Å². The summed E-state index contributed by atoms with van der Waals surface area (Å²) in [6, 6.07) is 3.02. The van der Waals surface area contributed by atoms with Crippen molar-refractivity contribution >= 4 is 167 Å². The summed E-state index contributed by atoms with van der Waals surface area (Å²) in [5.74, 6) is -1.80. The molecule has 9 fully saturated rings. The van der Waals surface area contributed by atoms with Crippen LogP contribution in [0.4, 0.5) is 47.8 Å². The summed E-state index contributed by atoms with van der Waals surface area (Å²) in [5.41, 5.74) is 32.2. The summed E-state index contributed by atoms with van der Waals surface area (Å²) in [6.07, 6.45) is -18.2. The Kier molecular flexibility index (Phi) is 24.4. The van der Waals surface area contributed by atoms with Gasteiger partial charge in [-0.25, -0.2) is 105 Å². The fourth-order valence-corrected chi connectivity index (χ4v) is 22.8. The van der Waals surface area contributed by atoms with Gasteiger partial charge in [-0.1, -0.05) is 0 Å². The van der Waals surface area contributed by atoms with Gasteiger partial charge in [-0.15, -0.1) is 0 Å². The smallest absolute Gasteiger partial charge is 0.397 e. The van der Waals surface area contributed by atoms with E-state index in [1.54, 1.807) is 0 Å². The number of phosphoric ester groups is 2. The van der Waals surface area contributed by atoms with Gasteiger partial charge in [-0.05, 0) is 30.4 Å². The summed E-state index contributed by atoms with van der Waals surface area (Å²) in [4.78, 5) is 106. The van der Waals surface area contributed by atoms with Gasteiger partial charge in [0.15, 0.2) is 119 Å². The minimum Gasteiger partial charge on any atom is -0.397 e. The molecule has 132 heavy (non-hydrogen) atoms. The summed E-state index contributed by atoms with van der Waals surface area (Å²) in [6.45, 7) is -8.19. The number of aliphatic hydroxyl groups is 2. The van der Waals surface area contributed by atoms with E-state index in [0.29, 0.717) is 16.7 Å². The Hall–Kier alpha value is -9.69. The first-order chi connectivity index (χ1) is 62.9. The molecule has 67 heteroatoms. The van der Waals surface area contributed by atoms with Crippen LogP contribution >= 0.6 is 22.4 Å². The van der Waals surface area contributed by atoms with E-state index in [9.17, 15) is 64.1 Å². The van der Waals surface area contributed by atoms with Crippen molar-refractivity contribution in [3.8, 4) is 0 Å². The van der Waals surface area contributed by atoms with Crippen molar-refractivity contribution in [1.82, 2.24) is 107 Å². The molecule has 10 aliphatic rings. The van der Waals surface area contributed by atoms with E-state index in [1.807, 2.05) is 0 Å². The van der Waals surface area contributed by atoms with Crippen LogP contribution in [0.15, 0.2) is 86.5 Å². The van der Waals surface area contributed by atoms with Gasteiger partial charge in [-0.2, -0.15) is 34.7 Å². The number of phosphoric acid groups is 2. The number of aliphatic imine (C=N–C) groups is 1. The number of anilines is 5. The summed E-state index contributed by atoms with van der Waals surface area (Å²) in [5, 5.41) is 21.3. The molecule has 10 aliphatic heterocycles. The monoisotopic (exact) mass is 1990 g/mol. The van der Waals surface area contributed by atoms with Crippen molar-refractivity contribution in [3.05, 3.63) is 87.2 Å². The molecule has 11 aromatic heterocycles. The Balaban J connectivity index is 0.000000128. The number of hydrogen-bond donors (Lipinski definition) is 12. The minimum absolute atomic E-state index is 0.0190. The normalized spacial score (nSPS) is 35.9. The van der Waals surface area contributed by atoms with Crippen LogP contribution in [0.3, 0.4) is 0 Å². The summed E-state index contributed by atoms with van der Waals surface area (Å²) in [7, 11) is -23.7. The third kappa shape index (κ3) is 17.6. The van der Waals surface area contributed by atoms with Crippen LogP contribution in [-0.4, -0.2) is 302 Å². The molecule has 21 heterocycles. The molecular formula is C65H74F3N28O29P3S4. The fourth-order valence-electron chi connectivity index (χ4n) is 16.4. The Labute approximate surface area is 742 Å². The zero-order valence-electron chi connectivity index (χ0n) is 66.9. The van der Waals surface area contributed by atoms with E-state index in [-0.39, 0.29) is 105 Å². The first kappa shape index (κ1) is 91.4. The third-order valence-electron chi connectivity index (χ3n) is 22.6. The Morgan fingerprint density at radius 2 is 0.947 bits per heavy atom. The zero-order chi connectivity index (χ0) is 92.7. The number of nitrogens with zero attached hydrogens (tertiary/aromatic N) is 21. The number of rotatable bonds is 7. The van der Waals surface area contributed by atoms with Gasteiger partial charge in [0.1, 0.15) is 114 Å². The number of halogens is 3. The SMILES string of the molecule is Nc1ncnc2c1ncn2C1CC2OP(=O)(O)OCC3OC(n4cnc5c4N=CCC5=O)C(OS(=O)(=O)NCC2O1)C3CO.Nc1ncnc2c1ncn2C1OC2CNS(=O)(=O)OC3C(F)C(COP(O)(=S)OC2C1F)OC3n1cnc2c(N)ccnc21.Nc1ncnc2c1ncn2C1OC2COP(=O)(O)OC3C(O)C(CCS(=O)(=O)OC2C1F)OC3n1cnc2c(N)ccnc21. The van der Waals surface area contributed by atoms with Crippen LogP contribution in [0.1, 0.15) is 67.1 Å². The molecule has 26 atom stereocenters. The highest BCUT2D eigenvalue weighted by atomic mass is 32.5. The van der Waals surface area contributed by atoms with Crippen LogP contribution in [-0.2, 0) is 120 Å². The number of pyridine rings is 2. The van der Waals surface area contributed by atoms with E-state index >= 15 is 13.2 Å². The topological polar surface area (TPSA) is 770 Å². The lowest BCUT2D eigenvalue weighted by Gasteiger charge is -2.26. The molecule has 0 spiro atoms. The number of ether oxygens (including phenoxy) is 6. The predicted molar refractivity (Wildman–Crippen MR) is 437 cm³/mol. The van der Waals surface area contributed by atoms with Crippen LogP contribution in [0.5, 0.6) is 0 Å². The first-order valence-electron chi connectivity index (χ1n) is 39.3. The Bertz CT molecular complexity index is 6860. The van der Waals surface area contributed by atoms with Gasteiger partial charge in [0.05, 0.1) is 93.7 Å². The van der Waals surface area contributed by atoms with E-state index in [1.165, 1.54) is 102 Å². The van der Waals surface area contributed by atoms with Gasteiger partial charge in [0, 0.05) is 50.5 Å². The third-order valence-corrected chi connectivity index (χ3v) is 29.4. The molecule has 708 valence electrons. The number of aromatic nitrogens is 20. The van der Waals surface area contributed by atoms with E-state index in [2.05, 4.69) is 84.2 Å². The quantitative estimate of drug-likeness (QED) is 0.0634. The molecule has 0 radical (unpaired) electrons. The van der Waals surface area contributed by atoms with E-state index in [4.69, 9.17) is 109 Å². The molecule has 57 nitrogen and oxygen atoms in total. The number of nitrogen functional groups attached to an aromatic ring is 5. The van der Waals surface area contributed by atoms with Crippen molar-refractivity contribution in [2.24, 2.45) is 10.9 Å². The largest absolute Gasteiger partial charge is 0.472 e. The lowest BCUT2D eigenvalue weighted by molar-refractivity contribution is -0.0561. The second kappa shape index (κ2) is 35.2. The second-order valence-corrected chi connectivity index (χ2v) is 40.8. The number of carbonyl (C=O) groups excluding carboxylic acids is 1. The zero-order valence-corrected chi connectivity index (χ0v) is 72.8. The highest BCUT2D eigenvalue weighted by Crippen LogP contribution is 2.55. The number of aliphatic hydroxyl groups excluding tert-OH is 2. The molecule has 11 aromatic rings. The molecule has 6 bridgehead atoms. The number of imidazole rings is 6. The summed E-state index contributed by atoms with van der Waals surface area (Å²) >= 11 is 5.11. The number of nitrogens with two attached hydrogens (primary N) is 5. The molecular weight excluding hydrogens is 1920 g/mol. The van der Waals surface area contributed by atoms with Gasteiger partial charge >= 0.3 is 43.0 Å². The number of alkyl halides is 3. The number of carbonyl (C=O) groups is 1. The summed E-state index contributed by atoms with van der Waals surface area (Å²) < 4.78 is 249. The highest BCUT2D eigenvalue weighted by Gasteiger charge is 2.58. The standard InChI is InChI=1S/C22H25FN9O10PS.C22H26N9O11PS.C21H23F2N10O8PS2/c23-12-16-11(40-21(12)31-8-30-14-18(25)27-6-28-20(14)31)5-38-43(34,35)41-17-15(33)10(2-4-44(36,37)42-16)39-22(17)32-7-29-13-9(24)1-3-26-19(13)32;23-19-17-21(26-7-25-19)30(8-28-17)15-3-12-13(39-15)4-29-44(36,37)42-18-10(5-32)14(6-38-43(34,35)41-12)40-22(18)31-9-27-16-11(33)1-2-24-20(16)31;22-11-10-4-37-42(34,43)40-15-9(38-20(12(15)23)32-7-30-14-17(25)27-5-28-19(14)32)3-31-44(35,36)41-16(11)21(39-10)33-6-29-13-8(24)1-2-26-18(13)33/h1,3,6-8,10-12,15-17,21-22,33H,2,4-5H2,(H2,24,26)(H,34,35)(H2,25,27,28);2,7-10,12-15,18,22,29,32H,1,3-6H2,(H,34,35)(H2,23,25,26);1-2,5-7,9-12,15-16,20-21,31H,3-4H2,(H2,24,26)(H,34,43)(H2,25,27,28). The molecule has 9 saturated heterocycles. The van der Waals surface area contributed by atoms with Crippen LogP contribution in [0.2, 0.25) is 0 Å². The van der Waals surface area contributed by atoms with Crippen LogP contribution in [0.25, 0.3) is 55.8 Å². The molecule has 0 aromatic carbocycles. The van der Waals surface area contributed by atoms with Crippen LogP contribution in [0, 0.1) is 5.92 Å². The molecule has 0 amide bonds. The number of fused-ring (bicyclic) bond motifs is 15. The average molecular weight is 1990 g/mol. The predicted octanol–water partition coefficient (Wildman–Crippen LogP) is -1.57. The van der Waals surface area contributed by atoms with E-state index in [0.717, 1.165) is 12.7 Å². The highest BCUT2D eigenvalue weighted by molar-refractivity contribution is 8.07. The molecule has 0 saturated carbocycles. The number of nitrogens with one attached hydrogen (secondary N) is 2. The second-order valence-electron chi connectivity index (χ2n) is 30.7. The lowest BCUT2D eigenvalue weighted by Crippen LogP contribution is -2.43. The number of Topliss-reactive ketones (excluding diaryl/α,β-unsaturated/α-hetero) is 1. The lowest BCUT2D eigenvalue weighted by atomic mass is 9.99. The Morgan fingerprint density at radius 3 is 1.55 bits per heavy atom. The van der Waals surface area contributed by atoms with Gasteiger partial charge in [0.2, 0.25) is 0 Å². The maximum absolute atomic E-state index is 16.0. The van der Waals surface area contributed by atoms with E-state index < -0.39 is 240 Å². The molecule has 17 N–H and O–H groups in total. The van der Waals surface area contributed by atoms with Crippen molar-refractivity contribution in [1.29, 1.82) is 0 Å². The van der Waals surface area contributed by atoms with Gasteiger partial charge in [0.25, 0.3) is 10.1 Å². The van der Waals surface area contributed by atoms with Gasteiger partial charge < -0.3 is 86.5 Å². The van der Waals surface area contributed by atoms with Crippen molar-refractivity contribution in [2.45, 2.75) is 154 Å². The van der Waals surface area contributed by atoms with Crippen molar-refractivity contribution in [3.63, 3.8) is 0 Å². The maximum atomic E-state index is 16.0.